The van der Waals surface area contributed by atoms with Crippen LogP contribution in [0.2, 0.25) is 0 Å². The summed E-state index contributed by atoms with van der Waals surface area (Å²) >= 11 is 0. The summed E-state index contributed by atoms with van der Waals surface area (Å²) in [5.74, 6) is 0.751. The lowest BCUT2D eigenvalue weighted by Crippen LogP contribution is -2.39. The van der Waals surface area contributed by atoms with Gasteiger partial charge in [0.05, 0.1) is 12.2 Å². The maximum Gasteiger partial charge on any atom is 0.416 e. The number of alkyl halides is 3. The molecule has 0 fully saturated rings. The monoisotopic (exact) mass is 529 g/mol. The fourth-order valence-corrected chi connectivity index (χ4v) is 3.63. The zero-order chi connectivity index (χ0) is 28.1. The molecular formula is C29H30F3NO5. The van der Waals surface area contributed by atoms with Crippen molar-refractivity contribution in [2.45, 2.75) is 46.0 Å². The number of carbonyl (C=O) groups is 2. The number of halogens is 3. The van der Waals surface area contributed by atoms with Crippen LogP contribution in [0.25, 0.3) is 0 Å². The van der Waals surface area contributed by atoms with Crippen molar-refractivity contribution < 1.29 is 37.0 Å². The number of amides is 1. The Balaban J connectivity index is 1.66. The van der Waals surface area contributed by atoms with Crippen LogP contribution >= 0.6 is 0 Å². The molecule has 0 radical (unpaired) electrons. The van der Waals surface area contributed by atoms with E-state index >= 15 is 0 Å². The maximum absolute atomic E-state index is 12.8. The van der Waals surface area contributed by atoms with Gasteiger partial charge in [-0.2, -0.15) is 13.2 Å². The number of rotatable bonds is 9. The largest absolute Gasteiger partial charge is 0.476 e. The highest BCUT2D eigenvalue weighted by Crippen LogP contribution is 2.31. The van der Waals surface area contributed by atoms with Gasteiger partial charge in [-0.3, -0.25) is 4.79 Å². The van der Waals surface area contributed by atoms with Crippen LogP contribution in [0.15, 0.2) is 66.7 Å². The Kier molecular flexibility index (Phi) is 8.70. The van der Waals surface area contributed by atoms with E-state index in [1.807, 2.05) is 13.0 Å². The van der Waals surface area contributed by atoms with Crippen molar-refractivity contribution >= 4 is 11.9 Å². The minimum atomic E-state index is -4.46. The van der Waals surface area contributed by atoms with E-state index in [1.165, 1.54) is 17.0 Å². The molecular weight excluding hydrogens is 499 g/mol. The summed E-state index contributed by atoms with van der Waals surface area (Å²) in [6, 6.07) is 16.5. The van der Waals surface area contributed by atoms with Gasteiger partial charge in [0.25, 0.3) is 5.91 Å². The van der Waals surface area contributed by atoms with Gasteiger partial charge in [0.15, 0.2) is 5.60 Å². The van der Waals surface area contributed by atoms with Gasteiger partial charge in [-0.05, 0) is 93.4 Å². The smallest absolute Gasteiger partial charge is 0.416 e. The highest BCUT2D eigenvalue weighted by Gasteiger charge is 2.32. The van der Waals surface area contributed by atoms with Gasteiger partial charge in [0, 0.05) is 19.2 Å². The highest BCUT2D eigenvalue weighted by molar-refractivity contribution is 5.94. The SMILES string of the molecule is CCOC(=O)C(C)(C)Oc1ccc(Oc2cccc(CN(C)C(=O)c3ccc(C(F)(F)F)cc3)c2)cc1C. The molecule has 0 aliphatic carbocycles. The maximum atomic E-state index is 12.8. The molecule has 0 aromatic heterocycles. The molecule has 0 unspecified atom stereocenters. The second kappa shape index (κ2) is 11.6. The summed E-state index contributed by atoms with van der Waals surface area (Å²) in [4.78, 5) is 26.3. The summed E-state index contributed by atoms with van der Waals surface area (Å²) in [5.41, 5.74) is -0.256. The zero-order valence-electron chi connectivity index (χ0n) is 21.9. The van der Waals surface area contributed by atoms with Crippen LogP contribution in [0.3, 0.4) is 0 Å². The lowest BCUT2D eigenvalue weighted by Gasteiger charge is -2.25. The molecule has 3 aromatic carbocycles. The van der Waals surface area contributed by atoms with Gasteiger partial charge in [-0.25, -0.2) is 4.79 Å². The molecule has 3 rings (SSSR count). The highest BCUT2D eigenvalue weighted by atomic mass is 19.4. The van der Waals surface area contributed by atoms with Gasteiger partial charge >= 0.3 is 12.1 Å². The van der Waals surface area contributed by atoms with Gasteiger partial charge in [0.2, 0.25) is 0 Å². The van der Waals surface area contributed by atoms with Crippen molar-refractivity contribution in [3.05, 3.63) is 89.0 Å². The van der Waals surface area contributed by atoms with E-state index in [2.05, 4.69) is 0 Å². The van der Waals surface area contributed by atoms with Crippen molar-refractivity contribution in [3.8, 4) is 17.2 Å². The van der Waals surface area contributed by atoms with E-state index in [4.69, 9.17) is 14.2 Å². The number of ether oxygens (including phenoxy) is 3. The van der Waals surface area contributed by atoms with E-state index in [-0.39, 0.29) is 18.7 Å². The fraction of sp³-hybridized carbons (Fsp3) is 0.310. The number of carbonyl (C=O) groups excluding carboxylic acids is 2. The van der Waals surface area contributed by atoms with Crippen molar-refractivity contribution in [2.75, 3.05) is 13.7 Å². The van der Waals surface area contributed by atoms with Crippen molar-refractivity contribution in [1.29, 1.82) is 0 Å². The Morgan fingerprint density at radius 3 is 2.18 bits per heavy atom. The van der Waals surface area contributed by atoms with Crippen molar-refractivity contribution in [1.82, 2.24) is 4.90 Å². The first kappa shape index (κ1) is 28.6. The van der Waals surface area contributed by atoms with Gasteiger partial charge < -0.3 is 19.1 Å². The number of aryl methyl sites for hydroxylation is 1. The number of hydrogen-bond donors (Lipinski definition) is 0. The molecule has 0 aliphatic rings. The molecule has 0 bridgehead atoms. The van der Waals surface area contributed by atoms with Crippen molar-refractivity contribution in [2.24, 2.45) is 0 Å². The first-order valence-electron chi connectivity index (χ1n) is 12.0. The fourth-order valence-electron chi connectivity index (χ4n) is 3.63. The molecule has 3 aromatic rings. The molecule has 0 saturated carbocycles. The number of benzene rings is 3. The lowest BCUT2D eigenvalue weighted by molar-refractivity contribution is -0.158. The minimum Gasteiger partial charge on any atom is -0.476 e. The number of nitrogens with zero attached hydrogens (tertiary/aromatic N) is 1. The first-order valence-corrected chi connectivity index (χ1v) is 12.0. The first-order chi connectivity index (χ1) is 17.8. The molecule has 0 saturated heterocycles. The molecule has 9 heteroatoms. The van der Waals surface area contributed by atoms with Crippen LogP contribution in [0, 0.1) is 6.92 Å². The lowest BCUT2D eigenvalue weighted by atomic mass is 10.1. The Bertz CT molecular complexity index is 1290. The van der Waals surface area contributed by atoms with Gasteiger partial charge in [-0.15, -0.1) is 0 Å². The second-order valence-electron chi connectivity index (χ2n) is 9.25. The second-order valence-corrected chi connectivity index (χ2v) is 9.25. The quantitative estimate of drug-likeness (QED) is 0.285. The number of esters is 1. The Hall–Kier alpha value is -4.01. The molecule has 0 spiro atoms. The Morgan fingerprint density at radius 2 is 1.58 bits per heavy atom. The van der Waals surface area contributed by atoms with E-state index in [0.29, 0.717) is 17.2 Å². The van der Waals surface area contributed by atoms with Crippen LogP contribution in [0.4, 0.5) is 13.2 Å². The van der Waals surface area contributed by atoms with Crippen LogP contribution < -0.4 is 9.47 Å². The predicted molar refractivity (Wildman–Crippen MR) is 136 cm³/mol. The van der Waals surface area contributed by atoms with Crippen LogP contribution in [-0.2, 0) is 22.3 Å². The van der Waals surface area contributed by atoms with Crippen LogP contribution in [-0.4, -0.2) is 36.0 Å². The van der Waals surface area contributed by atoms with E-state index < -0.39 is 29.2 Å². The van der Waals surface area contributed by atoms with E-state index in [1.54, 1.807) is 64.2 Å². The topological polar surface area (TPSA) is 65.1 Å². The summed E-state index contributed by atoms with van der Waals surface area (Å²) in [6.45, 7) is 7.33. The van der Waals surface area contributed by atoms with Crippen molar-refractivity contribution in [3.63, 3.8) is 0 Å². The molecule has 0 heterocycles. The minimum absolute atomic E-state index is 0.164. The molecule has 1 amide bonds. The summed E-state index contributed by atoms with van der Waals surface area (Å²) in [6.07, 6.45) is -4.46. The third-order valence-electron chi connectivity index (χ3n) is 5.64. The molecule has 202 valence electrons. The van der Waals surface area contributed by atoms with Gasteiger partial charge in [-0.1, -0.05) is 12.1 Å². The summed E-state index contributed by atoms with van der Waals surface area (Å²) in [7, 11) is 1.58. The number of hydrogen-bond acceptors (Lipinski definition) is 5. The molecule has 38 heavy (non-hydrogen) atoms. The molecule has 0 atom stereocenters. The summed E-state index contributed by atoms with van der Waals surface area (Å²) in [5, 5.41) is 0. The Morgan fingerprint density at radius 1 is 0.921 bits per heavy atom. The molecule has 0 aliphatic heterocycles. The van der Waals surface area contributed by atoms with Crippen LogP contribution in [0.5, 0.6) is 17.2 Å². The molecule has 0 N–H and O–H groups in total. The van der Waals surface area contributed by atoms with E-state index in [0.717, 1.165) is 23.3 Å². The predicted octanol–water partition coefficient (Wildman–Crippen LogP) is 6.80. The zero-order valence-corrected chi connectivity index (χ0v) is 21.9. The van der Waals surface area contributed by atoms with Gasteiger partial charge in [0.1, 0.15) is 17.2 Å². The standard InChI is InChI=1S/C29H30F3NO5/c1-6-36-27(35)28(3,4)38-25-15-14-24(16-19(25)2)37-23-9-7-8-20(17-23)18-33(5)26(34)21-10-12-22(13-11-21)29(30,31)32/h7-17H,6,18H2,1-5H3. The normalized spacial score (nSPS) is 11.6. The summed E-state index contributed by atoms with van der Waals surface area (Å²) < 4.78 is 55.3. The van der Waals surface area contributed by atoms with E-state index in [9.17, 15) is 22.8 Å². The third kappa shape index (κ3) is 7.27. The average Bonchev–Trinajstić information content (AvgIpc) is 2.85. The Labute approximate surface area is 219 Å². The van der Waals surface area contributed by atoms with Crippen LogP contribution in [0.1, 0.15) is 47.8 Å². The average molecular weight is 530 g/mol. The molecule has 6 nitrogen and oxygen atoms in total. The third-order valence-corrected chi connectivity index (χ3v) is 5.64.